The molecule has 1 aliphatic rings. The van der Waals surface area contributed by atoms with E-state index in [0.717, 1.165) is 16.6 Å². The minimum Gasteiger partial charge on any atom is -0.400 e. The highest BCUT2D eigenvalue weighted by Gasteiger charge is 2.52. The van der Waals surface area contributed by atoms with Gasteiger partial charge in [0.05, 0.1) is 22.8 Å². The molecule has 2 N–H and O–H groups in total. The van der Waals surface area contributed by atoms with Crippen molar-refractivity contribution in [2.75, 3.05) is 6.54 Å². The SMILES string of the molecule is Cc1cccc(C#N)c1C=C(CN)B1OC(C)(C)C(C)(C)O1. The van der Waals surface area contributed by atoms with Crippen molar-refractivity contribution in [3.05, 3.63) is 40.4 Å². The average molecular weight is 298 g/mol. The van der Waals surface area contributed by atoms with Crippen LogP contribution >= 0.6 is 0 Å². The topological polar surface area (TPSA) is 68.3 Å². The Balaban J connectivity index is 2.41. The van der Waals surface area contributed by atoms with Crippen molar-refractivity contribution < 1.29 is 9.31 Å². The van der Waals surface area contributed by atoms with Gasteiger partial charge >= 0.3 is 7.12 Å². The maximum absolute atomic E-state index is 9.29. The Labute approximate surface area is 133 Å². The van der Waals surface area contributed by atoms with Crippen LogP contribution in [0.3, 0.4) is 0 Å². The normalized spacial score (nSPS) is 20.0. The predicted octanol–water partition coefficient (Wildman–Crippen LogP) is 2.84. The largest absolute Gasteiger partial charge is 0.491 e. The first-order chi connectivity index (χ1) is 10.2. The van der Waals surface area contributed by atoms with Crippen molar-refractivity contribution in [1.29, 1.82) is 5.26 Å². The van der Waals surface area contributed by atoms with Gasteiger partial charge in [-0.1, -0.05) is 18.2 Å². The minimum absolute atomic E-state index is 0.316. The van der Waals surface area contributed by atoms with Crippen molar-refractivity contribution in [2.24, 2.45) is 5.73 Å². The smallest absolute Gasteiger partial charge is 0.400 e. The summed E-state index contributed by atoms with van der Waals surface area (Å²) in [7, 11) is -0.485. The molecule has 0 amide bonds. The first kappa shape index (κ1) is 16.8. The summed E-state index contributed by atoms with van der Waals surface area (Å²) in [6, 6.07) is 7.88. The second-order valence-electron chi connectivity index (χ2n) is 6.66. The maximum Gasteiger partial charge on any atom is 0.491 e. The average Bonchev–Trinajstić information content (AvgIpc) is 2.65. The highest BCUT2D eigenvalue weighted by Crippen LogP contribution is 2.38. The fraction of sp³-hybridized carbons (Fsp3) is 0.471. The van der Waals surface area contributed by atoms with Crippen LogP contribution in [0.15, 0.2) is 23.7 Å². The molecule has 0 saturated carbocycles. The van der Waals surface area contributed by atoms with E-state index in [9.17, 15) is 5.26 Å². The van der Waals surface area contributed by atoms with Crippen LogP contribution in [0.4, 0.5) is 0 Å². The molecule has 1 aromatic carbocycles. The fourth-order valence-electron chi connectivity index (χ4n) is 2.37. The lowest BCUT2D eigenvalue weighted by Crippen LogP contribution is -2.41. The molecular weight excluding hydrogens is 275 g/mol. The minimum atomic E-state index is -0.485. The molecule has 0 unspecified atom stereocenters. The summed E-state index contributed by atoms with van der Waals surface area (Å²) >= 11 is 0. The molecule has 1 aromatic rings. The molecule has 0 spiro atoms. The molecule has 0 aromatic heterocycles. The number of aryl methyl sites for hydroxylation is 1. The molecule has 22 heavy (non-hydrogen) atoms. The summed E-state index contributed by atoms with van der Waals surface area (Å²) in [5, 5.41) is 9.29. The molecule has 0 aliphatic carbocycles. The van der Waals surface area contributed by atoms with E-state index in [1.807, 2.05) is 52.8 Å². The van der Waals surface area contributed by atoms with Gasteiger partial charge in [-0.05, 0) is 57.3 Å². The van der Waals surface area contributed by atoms with Crippen molar-refractivity contribution in [1.82, 2.24) is 0 Å². The maximum atomic E-state index is 9.29. The Morgan fingerprint density at radius 1 is 1.27 bits per heavy atom. The van der Waals surface area contributed by atoms with Gasteiger partial charge in [0.1, 0.15) is 0 Å². The van der Waals surface area contributed by atoms with Crippen LogP contribution in [0.5, 0.6) is 0 Å². The third kappa shape index (κ3) is 2.96. The van der Waals surface area contributed by atoms with Crippen LogP contribution in [0, 0.1) is 18.3 Å². The van der Waals surface area contributed by atoms with Crippen molar-refractivity contribution >= 4 is 13.2 Å². The van der Waals surface area contributed by atoms with Gasteiger partial charge in [-0.15, -0.1) is 0 Å². The zero-order chi connectivity index (χ0) is 16.5. The molecule has 1 fully saturated rings. The van der Waals surface area contributed by atoms with Crippen LogP contribution < -0.4 is 5.73 Å². The molecule has 5 heteroatoms. The fourth-order valence-corrected chi connectivity index (χ4v) is 2.37. The Bertz CT molecular complexity index is 629. The molecule has 1 heterocycles. The number of nitrogens with two attached hydrogens (primary N) is 1. The monoisotopic (exact) mass is 298 g/mol. The van der Waals surface area contributed by atoms with Gasteiger partial charge < -0.3 is 15.0 Å². The first-order valence-corrected chi connectivity index (χ1v) is 7.48. The number of hydrogen-bond donors (Lipinski definition) is 1. The Morgan fingerprint density at radius 2 is 1.86 bits per heavy atom. The molecule has 1 aliphatic heterocycles. The Morgan fingerprint density at radius 3 is 2.36 bits per heavy atom. The summed E-state index contributed by atoms with van der Waals surface area (Å²) in [5.41, 5.74) is 8.46. The second-order valence-corrected chi connectivity index (χ2v) is 6.66. The van der Waals surface area contributed by atoms with E-state index in [2.05, 4.69) is 6.07 Å². The number of nitrogens with zero attached hydrogens (tertiary/aromatic N) is 1. The molecule has 0 radical (unpaired) electrons. The third-order valence-electron chi connectivity index (χ3n) is 4.57. The Hall–Kier alpha value is -1.61. The van der Waals surface area contributed by atoms with Crippen molar-refractivity contribution in [3.63, 3.8) is 0 Å². The van der Waals surface area contributed by atoms with E-state index in [-0.39, 0.29) is 0 Å². The van der Waals surface area contributed by atoms with Gasteiger partial charge in [0.25, 0.3) is 0 Å². The predicted molar refractivity (Wildman–Crippen MR) is 89.0 cm³/mol. The van der Waals surface area contributed by atoms with Crippen LogP contribution in [0.2, 0.25) is 0 Å². The molecule has 0 bridgehead atoms. The molecule has 0 atom stereocenters. The number of hydrogen-bond acceptors (Lipinski definition) is 4. The van der Waals surface area contributed by atoms with Gasteiger partial charge in [-0.3, -0.25) is 0 Å². The van der Waals surface area contributed by atoms with Gasteiger partial charge in [0.15, 0.2) is 0 Å². The lowest BCUT2D eigenvalue weighted by atomic mass is 9.76. The van der Waals surface area contributed by atoms with E-state index >= 15 is 0 Å². The third-order valence-corrected chi connectivity index (χ3v) is 4.57. The van der Waals surface area contributed by atoms with Gasteiger partial charge in [0, 0.05) is 6.54 Å². The van der Waals surface area contributed by atoms with E-state index in [1.165, 1.54) is 0 Å². The van der Waals surface area contributed by atoms with Gasteiger partial charge in [-0.2, -0.15) is 5.26 Å². The summed E-state index contributed by atoms with van der Waals surface area (Å²) in [4.78, 5) is 0. The lowest BCUT2D eigenvalue weighted by Gasteiger charge is -2.32. The van der Waals surface area contributed by atoms with Crippen LogP contribution in [0.25, 0.3) is 6.08 Å². The summed E-state index contributed by atoms with van der Waals surface area (Å²) in [6.07, 6.45) is 1.93. The lowest BCUT2D eigenvalue weighted by molar-refractivity contribution is 0.00578. The summed E-state index contributed by atoms with van der Waals surface area (Å²) in [6.45, 7) is 10.3. The van der Waals surface area contributed by atoms with E-state index in [0.29, 0.717) is 12.1 Å². The standard InChI is InChI=1S/C17H23BN2O2/c1-12-7-6-8-13(10-19)15(12)9-14(11-20)18-21-16(2,3)17(4,5)22-18/h6-9H,11,20H2,1-5H3. The number of benzene rings is 1. The van der Waals surface area contributed by atoms with Crippen LogP contribution in [-0.4, -0.2) is 24.9 Å². The van der Waals surface area contributed by atoms with E-state index < -0.39 is 18.3 Å². The van der Waals surface area contributed by atoms with Gasteiger partial charge in [-0.25, -0.2) is 0 Å². The Kier molecular flexibility index (Phi) is 4.48. The summed E-state index contributed by atoms with van der Waals surface area (Å²) < 4.78 is 12.1. The molecule has 2 rings (SSSR count). The van der Waals surface area contributed by atoms with Crippen LogP contribution in [0.1, 0.15) is 44.4 Å². The first-order valence-electron chi connectivity index (χ1n) is 7.48. The second kappa shape index (κ2) is 5.88. The number of rotatable bonds is 3. The zero-order valence-electron chi connectivity index (χ0n) is 13.9. The van der Waals surface area contributed by atoms with Crippen molar-refractivity contribution in [2.45, 2.75) is 45.8 Å². The van der Waals surface area contributed by atoms with E-state index in [4.69, 9.17) is 15.0 Å². The van der Waals surface area contributed by atoms with Crippen LogP contribution in [-0.2, 0) is 9.31 Å². The summed E-state index contributed by atoms with van der Waals surface area (Å²) in [5.74, 6) is 0. The number of nitriles is 1. The highest BCUT2D eigenvalue weighted by atomic mass is 16.7. The molecular formula is C17H23BN2O2. The van der Waals surface area contributed by atoms with E-state index in [1.54, 1.807) is 6.07 Å². The zero-order valence-corrected chi connectivity index (χ0v) is 13.9. The molecule has 4 nitrogen and oxygen atoms in total. The quantitative estimate of drug-likeness (QED) is 0.871. The molecule has 1 saturated heterocycles. The van der Waals surface area contributed by atoms with Crippen molar-refractivity contribution in [3.8, 4) is 6.07 Å². The molecule has 116 valence electrons. The highest BCUT2D eigenvalue weighted by molar-refractivity contribution is 6.56. The van der Waals surface area contributed by atoms with Gasteiger partial charge in [0.2, 0.25) is 0 Å².